The van der Waals surface area contributed by atoms with Crippen LogP contribution in [0.2, 0.25) is 0 Å². The van der Waals surface area contributed by atoms with E-state index in [1.807, 2.05) is 0 Å². The Balaban J connectivity index is 3.46. The summed E-state index contributed by atoms with van der Waals surface area (Å²) in [5.74, 6) is -4.58. The molecule has 0 unspecified atom stereocenters. The number of rotatable bonds is 2. The van der Waals surface area contributed by atoms with Crippen LogP contribution >= 0.6 is 0 Å². The van der Waals surface area contributed by atoms with E-state index in [1.165, 1.54) is 0 Å². The molecule has 0 aliphatic rings. The molecule has 0 fully saturated rings. The summed E-state index contributed by atoms with van der Waals surface area (Å²) < 4.78 is 25.0. The molecule has 0 heterocycles. The summed E-state index contributed by atoms with van der Waals surface area (Å²) in [6, 6.07) is 0.509. The lowest BCUT2D eigenvalue weighted by Crippen LogP contribution is -2.04. The molecule has 0 aliphatic carbocycles. The smallest absolute Gasteiger partial charge is 0.342 e. The number of benzene rings is 1. The zero-order valence-electron chi connectivity index (χ0n) is 6.53. The standard InChI is InChI=1S/C7H3F2NO4/c8-4-1-3(7(11)12)6(10(13)14)2-5(4)9/h1-2H,(H,11,12). The van der Waals surface area contributed by atoms with Gasteiger partial charge in [0.1, 0.15) is 5.56 Å². The number of nitrogens with zero attached hydrogens (tertiary/aromatic N) is 1. The average Bonchev–Trinajstić information content (AvgIpc) is 2.08. The van der Waals surface area contributed by atoms with Gasteiger partial charge in [0.15, 0.2) is 11.6 Å². The SMILES string of the molecule is O=C(O)c1cc(F)c(F)cc1[N+](=O)[O-]. The Morgan fingerprint density at radius 2 is 1.86 bits per heavy atom. The highest BCUT2D eigenvalue weighted by molar-refractivity contribution is 5.92. The number of nitro groups is 1. The van der Waals surface area contributed by atoms with Crippen LogP contribution in [0.5, 0.6) is 0 Å². The van der Waals surface area contributed by atoms with Crippen molar-refractivity contribution in [2.75, 3.05) is 0 Å². The van der Waals surface area contributed by atoms with Gasteiger partial charge in [0.25, 0.3) is 5.69 Å². The number of carbonyl (C=O) groups is 1. The predicted octanol–water partition coefficient (Wildman–Crippen LogP) is 1.57. The van der Waals surface area contributed by atoms with Gasteiger partial charge in [-0.05, 0) is 6.07 Å². The van der Waals surface area contributed by atoms with E-state index in [0.29, 0.717) is 0 Å². The zero-order valence-corrected chi connectivity index (χ0v) is 6.53. The topological polar surface area (TPSA) is 80.4 Å². The minimum Gasteiger partial charge on any atom is -0.477 e. The van der Waals surface area contributed by atoms with Gasteiger partial charge >= 0.3 is 5.97 Å². The summed E-state index contributed by atoms with van der Waals surface area (Å²) in [4.78, 5) is 19.5. The second-order valence-corrected chi connectivity index (χ2v) is 2.35. The van der Waals surface area contributed by atoms with Gasteiger partial charge in [-0.2, -0.15) is 0 Å². The molecule has 0 bridgehead atoms. The Morgan fingerprint density at radius 3 is 2.29 bits per heavy atom. The monoisotopic (exact) mass is 203 g/mol. The number of nitro benzene ring substituents is 1. The molecule has 0 spiro atoms. The zero-order chi connectivity index (χ0) is 10.9. The molecule has 1 aromatic rings. The summed E-state index contributed by atoms with van der Waals surface area (Å²) >= 11 is 0. The lowest BCUT2D eigenvalue weighted by molar-refractivity contribution is -0.385. The summed E-state index contributed by atoms with van der Waals surface area (Å²) in [6.45, 7) is 0. The largest absolute Gasteiger partial charge is 0.477 e. The van der Waals surface area contributed by atoms with E-state index in [1.54, 1.807) is 0 Å². The van der Waals surface area contributed by atoms with Gasteiger partial charge in [0.05, 0.1) is 11.0 Å². The van der Waals surface area contributed by atoms with Gasteiger partial charge in [-0.15, -0.1) is 0 Å². The van der Waals surface area contributed by atoms with Crippen molar-refractivity contribution in [1.29, 1.82) is 0 Å². The highest BCUT2D eigenvalue weighted by Crippen LogP contribution is 2.21. The Bertz CT molecular complexity index is 379. The van der Waals surface area contributed by atoms with Crippen LogP contribution in [0.25, 0.3) is 0 Å². The predicted molar refractivity (Wildman–Crippen MR) is 40.0 cm³/mol. The highest BCUT2D eigenvalue weighted by atomic mass is 19.2. The van der Waals surface area contributed by atoms with Crippen molar-refractivity contribution >= 4 is 11.7 Å². The van der Waals surface area contributed by atoms with Crippen LogP contribution in [0.4, 0.5) is 14.5 Å². The Labute approximate surface area is 75.7 Å². The van der Waals surface area contributed by atoms with Crippen molar-refractivity contribution in [1.82, 2.24) is 0 Å². The van der Waals surface area contributed by atoms with Crippen LogP contribution in [0.3, 0.4) is 0 Å². The van der Waals surface area contributed by atoms with Crippen molar-refractivity contribution in [2.45, 2.75) is 0 Å². The second kappa shape index (κ2) is 3.36. The van der Waals surface area contributed by atoms with Crippen LogP contribution in [0, 0.1) is 21.7 Å². The molecule has 7 heteroatoms. The van der Waals surface area contributed by atoms with Crippen molar-refractivity contribution in [2.24, 2.45) is 0 Å². The average molecular weight is 203 g/mol. The molecule has 0 atom stereocenters. The molecule has 1 aromatic carbocycles. The number of halogens is 2. The second-order valence-electron chi connectivity index (χ2n) is 2.35. The molecule has 0 saturated heterocycles. The van der Waals surface area contributed by atoms with Crippen molar-refractivity contribution in [3.05, 3.63) is 39.4 Å². The van der Waals surface area contributed by atoms with E-state index >= 15 is 0 Å². The van der Waals surface area contributed by atoms with Gasteiger partial charge in [0, 0.05) is 0 Å². The van der Waals surface area contributed by atoms with Gasteiger partial charge < -0.3 is 5.11 Å². The maximum Gasteiger partial charge on any atom is 0.342 e. The third-order valence-corrected chi connectivity index (χ3v) is 1.47. The maximum atomic E-state index is 12.5. The molecular formula is C7H3F2NO4. The normalized spacial score (nSPS) is 9.86. The van der Waals surface area contributed by atoms with E-state index in [9.17, 15) is 23.7 Å². The van der Waals surface area contributed by atoms with Crippen LogP contribution in [0.1, 0.15) is 10.4 Å². The molecule has 0 aromatic heterocycles. The summed E-state index contributed by atoms with van der Waals surface area (Å²) in [5.41, 5.74) is -1.86. The van der Waals surface area contributed by atoms with E-state index in [2.05, 4.69) is 0 Å². The fourth-order valence-electron chi connectivity index (χ4n) is 0.859. The number of hydrogen-bond acceptors (Lipinski definition) is 3. The Hall–Kier alpha value is -2.05. The minimum atomic E-state index is -1.68. The Kier molecular flexibility index (Phi) is 2.41. The third-order valence-electron chi connectivity index (χ3n) is 1.47. The van der Waals surface area contributed by atoms with E-state index < -0.39 is 33.8 Å². The van der Waals surface area contributed by atoms with Crippen LogP contribution in [-0.4, -0.2) is 16.0 Å². The molecule has 0 radical (unpaired) electrons. The number of carboxylic acids is 1. The molecule has 14 heavy (non-hydrogen) atoms. The molecule has 1 rings (SSSR count). The van der Waals surface area contributed by atoms with Crippen molar-refractivity contribution in [3.8, 4) is 0 Å². The first-order valence-corrected chi connectivity index (χ1v) is 3.30. The van der Waals surface area contributed by atoms with Gasteiger partial charge in [-0.25, -0.2) is 13.6 Å². The van der Waals surface area contributed by atoms with Gasteiger partial charge in [-0.1, -0.05) is 0 Å². The summed E-state index contributed by atoms with van der Waals surface area (Å²) in [6.07, 6.45) is 0. The fraction of sp³-hybridized carbons (Fsp3) is 0. The summed E-state index contributed by atoms with van der Waals surface area (Å²) in [5, 5.41) is 18.7. The van der Waals surface area contributed by atoms with E-state index in [4.69, 9.17) is 5.11 Å². The first kappa shape index (κ1) is 10.0. The number of hydrogen-bond donors (Lipinski definition) is 1. The fourth-order valence-corrected chi connectivity index (χ4v) is 0.859. The lowest BCUT2D eigenvalue weighted by atomic mass is 10.1. The molecule has 0 amide bonds. The molecular weight excluding hydrogens is 200 g/mol. The first-order valence-electron chi connectivity index (χ1n) is 3.30. The first-order chi connectivity index (χ1) is 6.43. The van der Waals surface area contributed by atoms with Crippen LogP contribution in [-0.2, 0) is 0 Å². The van der Waals surface area contributed by atoms with Crippen LogP contribution in [0.15, 0.2) is 12.1 Å². The van der Waals surface area contributed by atoms with Crippen molar-refractivity contribution in [3.63, 3.8) is 0 Å². The summed E-state index contributed by atoms with van der Waals surface area (Å²) in [7, 11) is 0. The molecule has 1 N–H and O–H groups in total. The number of carboxylic acid groups (broad SMARTS) is 1. The van der Waals surface area contributed by atoms with Gasteiger partial charge in [-0.3, -0.25) is 10.1 Å². The quantitative estimate of drug-likeness (QED) is 0.584. The molecule has 0 saturated carbocycles. The molecule has 5 nitrogen and oxygen atoms in total. The number of aromatic carboxylic acids is 1. The Morgan fingerprint density at radius 1 is 1.36 bits per heavy atom. The van der Waals surface area contributed by atoms with E-state index in [-0.39, 0.29) is 12.1 Å². The molecule has 74 valence electrons. The minimum absolute atomic E-state index is 0.235. The van der Waals surface area contributed by atoms with Crippen molar-refractivity contribution < 1.29 is 23.6 Å². The maximum absolute atomic E-state index is 12.5. The highest BCUT2D eigenvalue weighted by Gasteiger charge is 2.23. The third kappa shape index (κ3) is 1.65. The van der Waals surface area contributed by atoms with Gasteiger partial charge in [0.2, 0.25) is 0 Å². The van der Waals surface area contributed by atoms with Crippen LogP contribution < -0.4 is 0 Å². The lowest BCUT2D eigenvalue weighted by Gasteiger charge is -1.98. The van der Waals surface area contributed by atoms with E-state index in [0.717, 1.165) is 0 Å². The molecule has 0 aliphatic heterocycles.